The number of hydrogen-bond donors (Lipinski definition) is 0. The summed E-state index contributed by atoms with van der Waals surface area (Å²) in [6.45, 7) is 7.52. The molecule has 2 saturated heterocycles. The molecule has 2 aliphatic rings. The summed E-state index contributed by atoms with van der Waals surface area (Å²) in [7, 11) is 0. The van der Waals surface area contributed by atoms with E-state index in [2.05, 4.69) is 4.90 Å². The molecule has 4 nitrogen and oxygen atoms in total. The SMILES string of the molecule is CC(C)N1CCCC(N2CCN(c3cc(F)ccc3F)CC2)C1=O. The summed E-state index contributed by atoms with van der Waals surface area (Å²) >= 11 is 0. The average molecular weight is 337 g/mol. The van der Waals surface area contributed by atoms with Gasteiger partial charge in [0.25, 0.3) is 0 Å². The number of nitrogens with zero attached hydrogens (tertiary/aromatic N) is 3. The zero-order valence-corrected chi connectivity index (χ0v) is 14.3. The van der Waals surface area contributed by atoms with Crippen LogP contribution in [0.4, 0.5) is 14.5 Å². The number of hydrogen-bond acceptors (Lipinski definition) is 3. The van der Waals surface area contributed by atoms with Crippen molar-refractivity contribution in [2.24, 2.45) is 0 Å². The first kappa shape index (κ1) is 17.1. The third-order valence-corrected chi connectivity index (χ3v) is 5.07. The molecule has 0 bridgehead atoms. The lowest BCUT2D eigenvalue weighted by molar-refractivity contribution is -0.142. The van der Waals surface area contributed by atoms with Crippen LogP contribution >= 0.6 is 0 Å². The number of carbonyl (C=O) groups excluding carboxylic acids is 1. The van der Waals surface area contributed by atoms with E-state index in [0.29, 0.717) is 31.9 Å². The van der Waals surface area contributed by atoms with Gasteiger partial charge >= 0.3 is 0 Å². The number of carbonyl (C=O) groups is 1. The number of halogens is 2. The van der Waals surface area contributed by atoms with Gasteiger partial charge in [0.05, 0.1) is 11.7 Å². The molecular formula is C18H25F2N3O. The second-order valence-electron chi connectivity index (χ2n) is 6.90. The molecular weight excluding hydrogens is 312 g/mol. The van der Waals surface area contributed by atoms with Crippen molar-refractivity contribution in [3.8, 4) is 0 Å². The topological polar surface area (TPSA) is 26.8 Å². The van der Waals surface area contributed by atoms with E-state index in [9.17, 15) is 13.6 Å². The lowest BCUT2D eigenvalue weighted by Crippen LogP contribution is -2.58. The molecule has 1 aromatic rings. The summed E-state index contributed by atoms with van der Waals surface area (Å²) in [5.41, 5.74) is 0.313. The highest BCUT2D eigenvalue weighted by Gasteiger charge is 2.35. The van der Waals surface area contributed by atoms with Crippen molar-refractivity contribution in [2.45, 2.75) is 38.8 Å². The van der Waals surface area contributed by atoms with Crippen LogP contribution in [-0.2, 0) is 4.79 Å². The number of rotatable bonds is 3. The fraction of sp³-hybridized carbons (Fsp3) is 0.611. The molecule has 1 atom stereocenters. The number of likely N-dealkylation sites (tertiary alicyclic amines) is 1. The molecule has 0 aromatic heterocycles. The Morgan fingerprint density at radius 2 is 1.79 bits per heavy atom. The Kier molecular flexibility index (Phi) is 5.04. The first-order valence-electron chi connectivity index (χ1n) is 8.72. The number of piperidine rings is 1. The van der Waals surface area contributed by atoms with E-state index >= 15 is 0 Å². The number of anilines is 1. The Morgan fingerprint density at radius 1 is 1.08 bits per heavy atom. The molecule has 2 fully saturated rings. The molecule has 24 heavy (non-hydrogen) atoms. The van der Waals surface area contributed by atoms with E-state index in [1.165, 1.54) is 12.1 Å². The molecule has 2 heterocycles. The largest absolute Gasteiger partial charge is 0.367 e. The zero-order valence-electron chi connectivity index (χ0n) is 14.3. The molecule has 1 aromatic carbocycles. The Balaban J connectivity index is 1.64. The molecule has 0 aliphatic carbocycles. The molecule has 0 saturated carbocycles. The number of amides is 1. The van der Waals surface area contributed by atoms with Crippen LogP contribution in [0, 0.1) is 11.6 Å². The first-order chi connectivity index (χ1) is 11.5. The molecule has 132 valence electrons. The molecule has 6 heteroatoms. The fourth-order valence-electron chi connectivity index (χ4n) is 3.73. The van der Waals surface area contributed by atoms with Crippen LogP contribution < -0.4 is 4.90 Å². The Hall–Kier alpha value is -1.69. The van der Waals surface area contributed by atoms with E-state index in [4.69, 9.17) is 0 Å². The highest BCUT2D eigenvalue weighted by Crippen LogP contribution is 2.25. The monoisotopic (exact) mass is 337 g/mol. The van der Waals surface area contributed by atoms with Crippen LogP contribution in [0.25, 0.3) is 0 Å². The van der Waals surface area contributed by atoms with E-state index in [-0.39, 0.29) is 18.0 Å². The van der Waals surface area contributed by atoms with Crippen LogP contribution in [0.1, 0.15) is 26.7 Å². The highest BCUT2D eigenvalue weighted by atomic mass is 19.1. The zero-order chi connectivity index (χ0) is 17.3. The minimum Gasteiger partial charge on any atom is -0.367 e. The second kappa shape index (κ2) is 7.05. The Labute approximate surface area is 142 Å². The van der Waals surface area contributed by atoms with Gasteiger partial charge in [-0.3, -0.25) is 9.69 Å². The minimum atomic E-state index is -0.427. The molecule has 1 amide bonds. The van der Waals surface area contributed by atoms with Gasteiger partial charge in [0, 0.05) is 44.8 Å². The molecule has 1 unspecified atom stereocenters. The summed E-state index contributed by atoms with van der Waals surface area (Å²) < 4.78 is 27.3. The van der Waals surface area contributed by atoms with Gasteiger partial charge in [-0.05, 0) is 38.8 Å². The smallest absolute Gasteiger partial charge is 0.240 e. The van der Waals surface area contributed by atoms with Crippen molar-refractivity contribution in [2.75, 3.05) is 37.6 Å². The predicted molar refractivity (Wildman–Crippen MR) is 90.0 cm³/mol. The van der Waals surface area contributed by atoms with Crippen LogP contribution in [0.5, 0.6) is 0 Å². The average Bonchev–Trinajstić information content (AvgIpc) is 2.57. The lowest BCUT2D eigenvalue weighted by Gasteiger charge is -2.44. The van der Waals surface area contributed by atoms with Crippen LogP contribution in [-0.4, -0.2) is 60.5 Å². The van der Waals surface area contributed by atoms with Crippen LogP contribution in [0.3, 0.4) is 0 Å². The maximum Gasteiger partial charge on any atom is 0.240 e. The van der Waals surface area contributed by atoms with Crippen molar-refractivity contribution >= 4 is 11.6 Å². The summed E-state index contributed by atoms with van der Waals surface area (Å²) in [5.74, 6) is -0.616. The van der Waals surface area contributed by atoms with Crippen LogP contribution in [0.2, 0.25) is 0 Å². The number of benzene rings is 1. The van der Waals surface area contributed by atoms with Gasteiger partial charge < -0.3 is 9.80 Å². The maximum atomic E-state index is 13.9. The summed E-state index contributed by atoms with van der Waals surface area (Å²) in [6.07, 6.45) is 1.91. The van der Waals surface area contributed by atoms with E-state index < -0.39 is 11.6 Å². The summed E-state index contributed by atoms with van der Waals surface area (Å²) in [4.78, 5) is 18.7. The highest BCUT2D eigenvalue weighted by molar-refractivity contribution is 5.83. The predicted octanol–water partition coefficient (Wildman–Crippen LogP) is 2.49. The van der Waals surface area contributed by atoms with Crippen molar-refractivity contribution in [1.82, 2.24) is 9.80 Å². The van der Waals surface area contributed by atoms with E-state index in [0.717, 1.165) is 25.5 Å². The third-order valence-electron chi connectivity index (χ3n) is 5.07. The summed E-state index contributed by atoms with van der Waals surface area (Å²) in [5, 5.41) is 0. The third kappa shape index (κ3) is 3.38. The number of piperazine rings is 1. The van der Waals surface area contributed by atoms with Gasteiger partial charge in [0.15, 0.2) is 0 Å². The van der Waals surface area contributed by atoms with E-state index in [1.807, 2.05) is 23.6 Å². The van der Waals surface area contributed by atoms with Gasteiger partial charge in [0.2, 0.25) is 5.91 Å². The standard InChI is InChI=1S/C18H25F2N3O/c1-13(2)23-7-3-4-16(18(23)24)21-8-10-22(11-9-21)17-12-14(19)5-6-15(17)20/h5-6,12-13,16H,3-4,7-11H2,1-2H3. The van der Waals surface area contributed by atoms with Gasteiger partial charge in [-0.1, -0.05) is 0 Å². The molecule has 0 N–H and O–H groups in total. The van der Waals surface area contributed by atoms with Crippen molar-refractivity contribution < 1.29 is 13.6 Å². The van der Waals surface area contributed by atoms with Crippen molar-refractivity contribution in [3.63, 3.8) is 0 Å². The molecule has 3 rings (SSSR count). The van der Waals surface area contributed by atoms with E-state index in [1.54, 1.807) is 0 Å². The lowest BCUT2D eigenvalue weighted by atomic mass is 10.0. The summed E-state index contributed by atoms with van der Waals surface area (Å²) in [6, 6.07) is 3.71. The normalized spacial score (nSPS) is 23.2. The second-order valence-corrected chi connectivity index (χ2v) is 6.90. The van der Waals surface area contributed by atoms with Crippen LogP contribution in [0.15, 0.2) is 18.2 Å². The van der Waals surface area contributed by atoms with Gasteiger partial charge in [-0.2, -0.15) is 0 Å². The molecule has 2 aliphatic heterocycles. The van der Waals surface area contributed by atoms with Gasteiger partial charge in [-0.25, -0.2) is 8.78 Å². The molecule has 0 spiro atoms. The quantitative estimate of drug-likeness (QED) is 0.848. The minimum absolute atomic E-state index is 0.0688. The van der Waals surface area contributed by atoms with Crippen molar-refractivity contribution in [1.29, 1.82) is 0 Å². The Bertz CT molecular complexity index is 600. The Morgan fingerprint density at radius 3 is 2.46 bits per heavy atom. The van der Waals surface area contributed by atoms with Gasteiger partial charge in [-0.15, -0.1) is 0 Å². The molecule has 0 radical (unpaired) electrons. The van der Waals surface area contributed by atoms with Gasteiger partial charge in [0.1, 0.15) is 11.6 Å². The fourth-order valence-corrected chi connectivity index (χ4v) is 3.73. The maximum absolute atomic E-state index is 13.9. The van der Waals surface area contributed by atoms with Crippen molar-refractivity contribution in [3.05, 3.63) is 29.8 Å². The first-order valence-corrected chi connectivity index (χ1v) is 8.72.